The van der Waals surface area contributed by atoms with Crippen LogP contribution in [-0.2, 0) is 11.2 Å². The summed E-state index contributed by atoms with van der Waals surface area (Å²) in [5.74, 6) is -0.283. The first kappa shape index (κ1) is 16.6. The maximum Gasteiger partial charge on any atom is 0.223 e. The van der Waals surface area contributed by atoms with Crippen molar-refractivity contribution in [1.82, 2.24) is 9.88 Å². The third-order valence-electron chi connectivity index (χ3n) is 4.31. The van der Waals surface area contributed by atoms with E-state index in [-0.39, 0.29) is 24.3 Å². The number of aryl methyl sites for hydroxylation is 1. The Hall–Kier alpha value is -2.27. The van der Waals surface area contributed by atoms with Crippen LogP contribution in [-0.4, -0.2) is 33.5 Å². The summed E-state index contributed by atoms with van der Waals surface area (Å²) in [4.78, 5) is 18.3. The monoisotopic (exact) mass is 328 g/mol. The summed E-state index contributed by atoms with van der Waals surface area (Å²) in [5, 5.41) is 10.4. The van der Waals surface area contributed by atoms with Crippen molar-refractivity contribution in [2.75, 3.05) is 6.54 Å². The van der Waals surface area contributed by atoms with E-state index in [9.17, 15) is 14.3 Å². The highest BCUT2D eigenvalue weighted by molar-refractivity contribution is 5.77. The molecular formula is C19H21FN2O2. The zero-order chi connectivity index (χ0) is 16.9. The van der Waals surface area contributed by atoms with Crippen LogP contribution in [0, 0.1) is 5.82 Å². The van der Waals surface area contributed by atoms with Crippen molar-refractivity contribution in [1.29, 1.82) is 0 Å². The van der Waals surface area contributed by atoms with Gasteiger partial charge in [-0.1, -0.05) is 12.1 Å². The van der Waals surface area contributed by atoms with Crippen LogP contribution in [0.4, 0.5) is 4.39 Å². The van der Waals surface area contributed by atoms with E-state index in [1.165, 1.54) is 12.1 Å². The molecule has 1 fully saturated rings. The topological polar surface area (TPSA) is 53.4 Å². The summed E-state index contributed by atoms with van der Waals surface area (Å²) in [7, 11) is 0. The van der Waals surface area contributed by atoms with E-state index in [4.69, 9.17) is 0 Å². The number of hydrogen-bond acceptors (Lipinski definition) is 3. The number of aliphatic hydroxyl groups is 1. The lowest BCUT2D eigenvalue weighted by molar-refractivity contribution is -0.133. The van der Waals surface area contributed by atoms with Crippen LogP contribution in [0.5, 0.6) is 0 Å². The SMILES string of the molecule is O=C(CCc1ccncc1)N(CC(O)c1ccc(F)cc1)C1CC1. The molecule has 0 spiro atoms. The number of carbonyl (C=O) groups is 1. The average Bonchev–Trinajstić information content (AvgIpc) is 3.44. The van der Waals surface area contributed by atoms with Crippen LogP contribution >= 0.6 is 0 Å². The predicted octanol–water partition coefficient (Wildman–Crippen LogP) is 2.88. The number of aromatic nitrogens is 1. The molecule has 1 unspecified atom stereocenters. The standard InChI is InChI=1S/C19H21FN2O2/c20-16-4-2-15(3-5-16)18(23)13-22(17-6-7-17)19(24)8-1-14-9-11-21-12-10-14/h2-5,9-12,17-18,23H,1,6-8,13H2. The van der Waals surface area contributed by atoms with Crippen molar-refractivity contribution in [2.24, 2.45) is 0 Å². The maximum absolute atomic E-state index is 13.0. The second-order valence-corrected chi connectivity index (χ2v) is 6.20. The number of benzene rings is 1. The van der Waals surface area contributed by atoms with Gasteiger partial charge in [0.1, 0.15) is 5.82 Å². The molecule has 1 saturated carbocycles. The fraction of sp³-hybridized carbons (Fsp3) is 0.368. The molecular weight excluding hydrogens is 307 g/mol. The maximum atomic E-state index is 13.0. The molecule has 1 N–H and O–H groups in total. The molecule has 1 aromatic heterocycles. The molecule has 1 aliphatic carbocycles. The van der Waals surface area contributed by atoms with Gasteiger partial charge in [-0.2, -0.15) is 0 Å². The number of carbonyl (C=O) groups excluding carboxylic acids is 1. The Balaban J connectivity index is 1.59. The lowest BCUT2D eigenvalue weighted by atomic mass is 10.1. The van der Waals surface area contributed by atoms with E-state index < -0.39 is 6.10 Å². The highest BCUT2D eigenvalue weighted by atomic mass is 19.1. The molecule has 24 heavy (non-hydrogen) atoms. The molecule has 1 amide bonds. The Morgan fingerprint density at radius 2 is 1.88 bits per heavy atom. The van der Waals surface area contributed by atoms with Crippen molar-refractivity contribution < 1.29 is 14.3 Å². The second kappa shape index (κ2) is 7.53. The molecule has 2 aromatic rings. The van der Waals surface area contributed by atoms with Gasteiger partial charge in [-0.05, 0) is 54.7 Å². The predicted molar refractivity (Wildman–Crippen MR) is 88.7 cm³/mol. The Morgan fingerprint density at radius 1 is 1.21 bits per heavy atom. The lowest BCUT2D eigenvalue weighted by Crippen LogP contribution is -2.36. The third-order valence-corrected chi connectivity index (χ3v) is 4.31. The van der Waals surface area contributed by atoms with Crippen molar-refractivity contribution in [3.8, 4) is 0 Å². The van der Waals surface area contributed by atoms with E-state index in [2.05, 4.69) is 4.98 Å². The minimum Gasteiger partial charge on any atom is -0.387 e. The van der Waals surface area contributed by atoms with Crippen molar-refractivity contribution in [2.45, 2.75) is 37.8 Å². The van der Waals surface area contributed by atoms with Gasteiger partial charge < -0.3 is 10.0 Å². The highest BCUT2D eigenvalue weighted by Crippen LogP contribution is 2.29. The summed E-state index contributed by atoms with van der Waals surface area (Å²) in [6.07, 6.45) is 5.69. The number of rotatable bonds is 7. The van der Waals surface area contributed by atoms with E-state index in [0.29, 0.717) is 18.4 Å². The van der Waals surface area contributed by atoms with Gasteiger partial charge in [0.25, 0.3) is 0 Å². The van der Waals surface area contributed by atoms with Gasteiger partial charge in [0, 0.05) is 24.9 Å². The Bertz CT molecular complexity index is 672. The zero-order valence-electron chi connectivity index (χ0n) is 13.4. The number of pyridine rings is 1. The van der Waals surface area contributed by atoms with Crippen LogP contribution < -0.4 is 0 Å². The summed E-state index contributed by atoms with van der Waals surface area (Å²) >= 11 is 0. The van der Waals surface area contributed by atoms with Crippen molar-refractivity contribution in [3.63, 3.8) is 0 Å². The Kier molecular flexibility index (Phi) is 5.20. The van der Waals surface area contributed by atoms with E-state index in [1.807, 2.05) is 12.1 Å². The summed E-state index contributed by atoms with van der Waals surface area (Å²) in [5.41, 5.74) is 1.71. The van der Waals surface area contributed by atoms with Gasteiger partial charge >= 0.3 is 0 Å². The fourth-order valence-electron chi connectivity index (χ4n) is 2.76. The first-order valence-corrected chi connectivity index (χ1v) is 8.25. The van der Waals surface area contributed by atoms with Gasteiger partial charge in [-0.25, -0.2) is 4.39 Å². The van der Waals surface area contributed by atoms with Crippen LogP contribution in [0.1, 0.15) is 36.5 Å². The molecule has 1 atom stereocenters. The summed E-state index contributed by atoms with van der Waals surface area (Å²) in [6.45, 7) is 0.255. The lowest BCUT2D eigenvalue weighted by Gasteiger charge is -2.25. The third kappa shape index (κ3) is 4.38. The Morgan fingerprint density at radius 3 is 2.50 bits per heavy atom. The van der Waals surface area contributed by atoms with Gasteiger partial charge in [-0.15, -0.1) is 0 Å². The van der Waals surface area contributed by atoms with E-state index in [0.717, 1.165) is 18.4 Å². The molecule has 0 aliphatic heterocycles. The molecule has 3 rings (SSSR count). The molecule has 0 radical (unpaired) electrons. The first-order valence-electron chi connectivity index (χ1n) is 8.25. The van der Waals surface area contributed by atoms with Crippen LogP contribution in [0.3, 0.4) is 0 Å². The Labute approximate surface area is 141 Å². The van der Waals surface area contributed by atoms with Crippen molar-refractivity contribution >= 4 is 5.91 Å². The summed E-state index contributed by atoms with van der Waals surface area (Å²) in [6, 6.07) is 9.81. The van der Waals surface area contributed by atoms with Crippen molar-refractivity contribution in [3.05, 3.63) is 65.7 Å². The largest absolute Gasteiger partial charge is 0.387 e. The molecule has 1 heterocycles. The van der Waals surface area contributed by atoms with Crippen LogP contribution in [0.2, 0.25) is 0 Å². The normalized spacial score (nSPS) is 15.1. The minimum atomic E-state index is -0.795. The summed E-state index contributed by atoms with van der Waals surface area (Å²) < 4.78 is 13.0. The number of aliphatic hydroxyl groups excluding tert-OH is 1. The molecule has 1 aromatic carbocycles. The van der Waals surface area contributed by atoms with E-state index >= 15 is 0 Å². The van der Waals surface area contributed by atoms with Gasteiger partial charge in [0.05, 0.1) is 12.6 Å². The average molecular weight is 328 g/mol. The molecule has 0 saturated heterocycles. The van der Waals surface area contributed by atoms with Gasteiger partial charge in [0.15, 0.2) is 0 Å². The second-order valence-electron chi connectivity index (χ2n) is 6.20. The smallest absolute Gasteiger partial charge is 0.223 e. The molecule has 0 bridgehead atoms. The highest BCUT2D eigenvalue weighted by Gasteiger charge is 2.33. The first-order chi connectivity index (χ1) is 11.6. The molecule has 1 aliphatic rings. The van der Waals surface area contributed by atoms with Crippen LogP contribution in [0.15, 0.2) is 48.8 Å². The van der Waals surface area contributed by atoms with E-state index in [1.54, 1.807) is 29.4 Å². The number of hydrogen-bond donors (Lipinski definition) is 1. The number of nitrogens with zero attached hydrogens (tertiary/aromatic N) is 2. The van der Waals surface area contributed by atoms with Crippen LogP contribution in [0.25, 0.3) is 0 Å². The van der Waals surface area contributed by atoms with Gasteiger partial charge in [-0.3, -0.25) is 9.78 Å². The number of amides is 1. The van der Waals surface area contributed by atoms with Gasteiger partial charge in [0.2, 0.25) is 5.91 Å². The molecule has 126 valence electrons. The molecule has 5 heteroatoms. The molecule has 4 nitrogen and oxygen atoms in total. The fourth-order valence-corrected chi connectivity index (χ4v) is 2.76. The number of halogens is 1. The zero-order valence-corrected chi connectivity index (χ0v) is 13.4. The quantitative estimate of drug-likeness (QED) is 0.850. The minimum absolute atomic E-state index is 0.0514.